The molecule has 4 rings (SSSR count). The molecule has 0 bridgehead atoms. The first-order valence-corrected chi connectivity index (χ1v) is 10.3. The summed E-state index contributed by atoms with van der Waals surface area (Å²) in [5.74, 6) is 0.697. The lowest BCUT2D eigenvalue weighted by Crippen LogP contribution is -2.32. The summed E-state index contributed by atoms with van der Waals surface area (Å²) in [6.07, 6.45) is 2.50. The van der Waals surface area contributed by atoms with E-state index in [1.54, 1.807) is 34.6 Å². The number of aromatic nitrogens is 1. The van der Waals surface area contributed by atoms with Crippen LogP contribution >= 0.6 is 11.3 Å². The largest absolute Gasteiger partial charge is 0.436 e. The predicted octanol–water partition coefficient (Wildman–Crippen LogP) is 4.30. The number of carbonyl (C=O) groups excluding carboxylic acids is 2. The zero-order chi connectivity index (χ0) is 20.2. The lowest BCUT2D eigenvalue weighted by molar-refractivity contribution is -0.121. The summed E-state index contributed by atoms with van der Waals surface area (Å²) in [6.45, 7) is 2.92. The molecule has 29 heavy (non-hydrogen) atoms. The van der Waals surface area contributed by atoms with Gasteiger partial charge >= 0.3 is 0 Å². The minimum atomic E-state index is -0.170. The second kappa shape index (κ2) is 8.45. The summed E-state index contributed by atoms with van der Waals surface area (Å²) < 4.78 is 5.91. The fourth-order valence-electron chi connectivity index (χ4n) is 3.23. The van der Waals surface area contributed by atoms with Crippen LogP contribution in [0.3, 0.4) is 0 Å². The quantitative estimate of drug-likeness (QED) is 0.661. The lowest BCUT2D eigenvalue weighted by atomic mass is 10.1. The summed E-state index contributed by atoms with van der Waals surface area (Å²) in [4.78, 5) is 32.4. The van der Waals surface area contributed by atoms with Gasteiger partial charge in [0.2, 0.25) is 11.8 Å². The Labute approximate surface area is 173 Å². The monoisotopic (exact) mass is 407 g/mol. The molecule has 6 nitrogen and oxygen atoms in total. The van der Waals surface area contributed by atoms with Gasteiger partial charge in [0, 0.05) is 24.0 Å². The second-order valence-corrected chi connectivity index (χ2v) is 7.88. The summed E-state index contributed by atoms with van der Waals surface area (Å²) in [5, 5.41) is 4.91. The number of amides is 2. The number of anilines is 1. The zero-order valence-electron chi connectivity index (χ0n) is 16.1. The van der Waals surface area contributed by atoms with Gasteiger partial charge in [0.25, 0.3) is 5.91 Å². The van der Waals surface area contributed by atoms with Crippen LogP contribution in [0.1, 0.15) is 33.6 Å². The standard InChI is InChI=1S/C22H21N3O3S/c1-15-8-9-19-18(13-15)25(22(27)17-6-2-10-23-21(17)28-19)11-3-7-20(26)24-14-16-5-4-12-29-16/h2,4-6,8-10,12-13H,3,7,11,14H2,1H3,(H,24,26). The van der Waals surface area contributed by atoms with Crippen molar-refractivity contribution in [2.45, 2.75) is 26.3 Å². The Kier molecular flexibility index (Phi) is 5.57. The molecule has 0 fully saturated rings. The third kappa shape index (κ3) is 4.30. The molecule has 0 unspecified atom stereocenters. The number of thiophene rings is 1. The lowest BCUT2D eigenvalue weighted by Gasteiger charge is -2.22. The van der Waals surface area contributed by atoms with Crippen molar-refractivity contribution in [1.82, 2.24) is 10.3 Å². The van der Waals surface area contributed by atoms with Crippen molar-refractivity contribution in [2.75, 3.05) is 11.4 Å². The summed E-state index contributed by atoms with van der Waals surface area (Å²) >= 11 is 1.61. The Morgan fingerprint density at radius 3 is 2.97 bits per heavy atom. The number of carbonyl (C=O) groups is 2. The minimum Gasteiger partial charge on any atom is -0.436 e. The number of fused-ring (bicyclic) bond motifs is 2. The molecule has 7 heteroatoms. The highest BCUT2D eigenvalue weighted by molar-refractivity contribution is 7.09. The molecule has 148 valence electrons. The molecule has 0 saturated heterocycles. The van der Waals surface area contributed by atoms with Gasteiger partial charge in [0.15, 0.2) is 5.75 Å². The summed E-state index contributed by atoms with van der Waals surface area (Å²) in [7, 11) is 0. The average Bonchev–Trinajstić information content (AvgIpc) is 3.21. The van der Waals surface area contributed by atoms with E-state index in [1.807, 2.05) is 42.6 Å². The highest BCUT2D eigenvalue weighted by Gasteiger charge is 2.28. The van der Waals surface area contributed by atoms with E-state index in [1.165, 1.54) is 0 Å². The number of nitrogens with one attached hydrogen (secondary N) is 1. The maximum Gasteiger partial charge on any atom is 0.263 e. The molecular weight excluding hydrogens is 386 g/mol. The van der Waals surface area contributed by atoms with Gasteiger partial charge in [-0.2, -0.15) is 0 Å². The number of nitrogens with zero attached hydrogens (tertiary/aromatic N) is 2. The normalized spacial score (nSPS) is 12.6. The topological polar surface area (TPSA) is 71.5 Å². The molecule has 2 amide bonds. The fraction of sp³-hybridized carbons (Fsp3) is 0.227. The second-order valence-electron chi connectivity index (χ2n) is 6.85. The maximum absolute atomic E-state index is 13.2. The SMILES string of the molecule is Cc1ccc2c(c1)N(CCCC(=O)NCc1cccs1)C(=O)c1cccnc1O2. The number of rotatable bonds is 6. The molecule has 1 aromatic carbocycles. The van der Waals surface area contributed by atoms with E-state index in [0.717, 1.165) is 10.4 Å². The van der Waals surface area contributed by atoms with Gasteiger partial charge in [-0.3, -0.25) is 9.59 Å². The van der Waals surface area contributed by atoms with Crippen molar-refractivity contribution in [3.8, 4) is 11.6 Å². The van der Waals surface area contributed by atoms with Gasteiger partial charge in [-0.25, -0.2) is 4.98 Å². The van der Waals surface area contributed by atoms with E-state index in [-0.39, 0.29) is 11.8 Å². The molecule has 3 heterocycles. The van der Waals surface area contributed by atoms with Gasteiger partial charge < -0.3 is 15.0 Å². The van der Waals surface area contributed by atoms with E-state index >= 15 is 0 Å². The van der Waals surface area contributed by atoms with E-state index in [2.05, 4.69) is 10.3 Å². The van der Waals surface area contributed by atoms with Crippen LogP contribution in [0.4, 0.5) is 5.69 Å². The molecule has 2 aromatic heterocycles. The Morgan fingerprint density at radius 1 is 1.24 bits per heavy atom. The van der Waals surface area contributed by atoms with Crippen molar-refractivity contribution in [3.05, 3.63) is 70.0 Å². The van der Waals surface area contributed by atoms with Crippen molar-refractivity contribution in [1.29, 1.82) is 0 Å². The Morgan fingerprint density at radius 2 is 2.14 bits per heavy atom. The molecule has 0 atom stereocenters. The Bertz CT molecular complexity index is 1030. The Hall–Kier alpha value is -3.19. The molecular formula is C22H21N3O3S. The van der Waals surface area contributed by atoms with Crippen LogP contribution in [-0.4, -0.2) is 23.3 Å². The van der Waals surface area contributed by atoms with Crippen molar-refractivity contribution in [3.63, 3.8) is 0 Å². The number of hydrogen-bond donors (Lipinski definition) is 1. The van der Waals surface area contributed by atoms with Crippen molar-refractivity contribution in [2.24, 2.45) is 0 Å². The fourth-order valence-corrected chi connectivity index (χ4v) is 3.87. The average molecular weight is 407 g/mol. The van der Waals surface area contributed by atoms with Gasteiger partial charge in [-0.05, 0) is 54.6 Å². The third-order valence-corrected chi connectivity index (χ3v) is 5.56. The number of aryl methyl sites for hydroxylation is 1. The van der Waals surface area contributed by atoms with E-state index in [9.17, 15) is 9.59 Å². The van der Waals surface area contributed by atoms with Gasteiger partial charge in [-0.15, -0.1) is 11.3 Å². The van der Waals surface area contributed by atoms with E-state index in [4.69, 9.17) is 4.74 Å². The van der Waals surface area contributed by atoms with Crippen LogP contribution < -0.4 is 15.0 Å². The highest BCUT2D eigenvalue weighted by atomic mass is 32.1. The number of ether oxygens (including phenoxy) is 1. The third-order valence-electron chi connectivity index (χ3n) is 4.68. The predicted molar refractivity (Wildman–Crippen MR) is 113 cm³/mol. The maximum atomic E-state index is 13.2. The van der Waals surface area contributed by atoms with Crippen molar-refractivity contribution >= 4 is 28.8 Å². The van der Waals surface area contributed by atoms with E-state index < -0.39 is 0 Å². The van der Waals surface area contributed by atoms with Gasteiger partial charge in [-0.1, -0.05) is 12.1 Å². The molecule has 1 aliphatic rings. The molecule has 0 radical (unpaired) electrons. The molecule has 0 aliphatic carbocycles. The first-order valence-electron chi connectivity index (χ1n) is 9.46. The van der Waals surface area contributed by atoms with Gasteiger partial charge in [0.1, 0.15) is 5.56 Å². The van der Waals surface area contributed by atoms with Crippen LogP contribution in [0.5, 0.6) is 11.6 Å². The molecule has 3 aromatic rings. The first kappa shape index (κ1) is 19.1. The van der Waals surface area contributed by atoms with Crippen LogP contribution in [-0.2, 0) is 11.3 Å². The summed E-state index contributed by atoms with van der Waals surface area (Å²) in [5.41, 5.74) is 2.15. The molecule has 0 spiro atoms. The molecule has 0 saturated carbocycles. The minimum absolute atomic E-state index is 0.0246. The zero-order valence-corrected chi connectivity index (χ0v) is 16.9. The highest BCUT2D eigenvalue weighted by Crippen LogP contribution is 2.38. The van der Waals surface area contributed by atoms with E-state index in [0.29, 0.717) is 48.8 Å². The van der Waals surface area contributed by atoms with Crippen LogP contribution in [0.15, 0.2) is 54.0 Å². The molecule has 1 N–H and O–H groups in total. The number of pyridine rings is 1. The number of benzene rings is 1. The summed E-state index contributed by atoms with van der Waals surface area (Å²) in [6, 6.07) is 13.1. The van der Waals surface area contributed by atoms with Crippen LogP contribution in [0.25, 0.3) is 0 Å². The number of hydrogen-bond acceptors (Lipinski definition) is 5. The molecule has 1 aliphatic heterocycles. The Balaban J connectivity index is 1.47. The van der Waals surface area contributed by atoms with Crippen molar-refractivity contribution < 1.29 is 14.3 Å². The van der Waals surface area contributed by atoms with Crippen LogP contribution in [0, 0.1) is 6.92 Å². The smallest absolute Gasteiger partial charge is 0.263 e. The van der Waals surface area contributed by atoms with Crippen LogP contribution in [0.2, 0.25) is 0 Å². The van der Waals surface area contributed by atoms with Gasteiger partial charge in [0.05, 0.1) is 12.2 Å². The first-order chi connectivity index (χ1) is 14.1.